The van der Waals surface area contributed by atoms with Gasteiger partial charge in [0.15, 0.2) is 0 Å². The molecule has 0 unspecified atom stereocenters. The first-order valence-electron chi connectivity index (χ1n) is 7.98. The molecule has 3 rings (SSSR count). The number of carbonyl (C=O) groups is 1. The molecule has 1 amide bonds. The monoisotopic (exact) mass is 319 g/mol. The van der Waals surface area contributed by atoms with Gasteiger partial charge in [-0.05, 0) is 43.4 Å². The molecule has 0 aliphatic rings. The van der Waals surface area contributed by atoms with Crippen LogP contribution in [-0.4, -0.2) is 29.9 Å². The lowest BCUT2D eigenvalue weighted by Gasteiger charge is -2.12. The number of nitrogens with zero attached hydrogens (tertiary/aromatic N) is 2. The molecule has 0 radical (unpaired) electrons. The Morgan fingerprint density at radius 3 is 2.71 bits per heavy atom. The summed E-state index contributed by atoms with van der Waals surface area (Å²) in [7, 11) is 4.05. The number of nitrogens with one attached hydrogen (secondary N) is 1. The Labute approximate surface area is 142 Å². The minimum absolute atomic E-state index is 0.0323. The largest absolute Gasteiger partial charge is 0.326 e. The van der Waals surface area contributed by atoms with Gasteiger partial charge in [0.05, 0.1) is 11.9 Å². The third kappa shape index (κ3) is 3.97. The number of aromatic nitrogens is 1. The molecule has 0 bridgehead atoms. The number of benzene rings is 2. The minimum atomic E-state index is -0.0323. The minimum Gasteiger partial charge on any atom is -0.326 e. The molecular weight excluding hydrogens is 298 g/mol. The molecule has 4 heteroatoms. The van der Waals surface area contributed by atoms with E-state index >= 15 is 0 Å². The smallest absolute Gasteiger partial charge is 0.228 e. The van der Waals surface area contributed by atoms with Crippen LogP contribution in [-0.2, 0) is 17.8 Å². The van der Waals surface area contributed by atoms with Gasteiger partial charge >= 0.3 is 0 Å². The van der Waals surface area contributed by atoms with Crippen LogP contribution in [0.1, 0.15) is 11.1 Å². The van der Waals surface area contributed by atoms with E-state index in [0.29, 0.717) is 6.42 Å². The van der Waals surface area contributed by atoms with Gasteiger partial charge in [0.25, 0.3) is 0 Å². The Morgan fingerprint density at radius 1 is 1.08 bits per heavy atom. The van der Waals surface area contributed by atoms with Crippen LogP contribution in [0.4, 0.5) is 5.69 Å². The topological polar surface area (TPSA) is 45.2 Å². The van der Waals surface area contributed by atoms with Crippen molar-refractivity contribution in [2.45, 2.75) is 13.0 Å². The summed E-state index contributed by atoms with van der Waals surface area (Å²) in [6.45, 7) is 0.844. The molecule has 3 aromatic rings. The Balaban J connectivity index is 1.73. The highest BCUT2D eigenvalue weighted by Crippen LogP contribution is 2.17. The van der Waals surface area contributed by atoms with E-state index in [-0.39, 0.29) is 5.91 Å². The molecule has 0 aliphatic carbocycles. The van der Waals surface area contributed by atoms with Gasteiger partial charge in [0.1, 0.15) is 0 Å². The number of rotatable bonds is 5. The summed E-state index contributed by atoms with van der Waals surface area (Å²) in [5, 5.41) is 4.04. The zero-order valence-corrected chi connectivity index (χ0v) is 14.0. The molecule has 24 heavy (non-hydrogen) atoms. The van der Waals surface area contributed by atoms with E-state index in [1.807, 2.05) is 62.6 Å². The van der Waals surface area contributed by atoms with Gasteiger partial charge in [0, 0.05) is 23.8 Å². The zero-order chi connectivity index (χ0) is 16.9. The molecular formula is C20H21N3O. The second-order valence-corrected chi connectivity index (χ2v) is 6.16. The number of para-hydroxylation sites is 1. The molecule has 0 spiro atoms. The summed E-state index contributed by atoms with van der Waals surface area (Å²) in [5.41, 5.74) is 3.82. The van der Waals surface area contributed by atoms with E-state index in [4.69, 9.17) is 0 Å². The molecule has 0 saturated carbocycles. The van der Waals surface area contributed by atoms with Crippen molar-refractivity contribution in [1.82, 2.24) is 9.88 Å². The van der Waals surface area contributed by atoms with E-state index < -0.39 is 0 Å². The third-order valence-electron chi connectivity index (χ3n) is 3.78. The second-order valence-electron chi connectivity index (χ2n) is 6.16. The number of pyridine rings is 1. The Bertz CT molecular complexity index is 853. The van der Waals surface area contributed by atoms with Crippen molar-refractivity contribution in [3.05, 3.63) is 71.9 Å². The van der Waals surface area contributed by atoms with Crippen molar-refractivity contribution in [2.75, 3.05) is 19.4 Å². The first-order valence-corrected chi connectivity index (χ1v) is 7.98. The van der Waals surface area contributed by atoms with Crippen molar-refractivity contribution >= 4 is 22.5 Å². The summed E-state index contributed by atoms with van der Waals surface area (Å²) < 4.78 is 0. The number of anilines is 1. The van der Waals surface area contributed by atoms with E-state index in [9.17, 15) is 4.79 Å². The maximum absolute atomic E-state index is 12.4. The highest BCUT2D eigenvalue weighted by atomic mass is 16.1. The van der Waals surface area contributed by atoms with Gasteiger partial charge < -0.3 is 10.2 Å². The van der Waals surface area contributed by atoms with Crippen molar-refractivity contribution < 1.29 is 4.79 Å². The predicted octanol–water partition coefficient (Wildman–Crippen LogP) is 3.48. The summed E-state index contributed by atoms with van der Waals surface area (Å²) >= 11 is 0. The molecule has 1 heterocycles. The van der Waals surface area contributed by atoms with Crippen molar-refractivity contribution in [2.24, 2.45) is 0 Å². The number of fused-ring (bicyclic) bond motifs is 1. The van der Waals surface area contributed by atoms with Crippen LogP contribution in [0.5, 0.6) is 0 Å². The van der Waals surface area contributed by atoms with Gasteiger partial charge in [-0.3, -0.25) is 9.78 Å². The number of hydrogen-bond acceptors (Lipinski definition) is 3. The van der Waals surface area contributed by atoms with Crippen molar-refractivity contribution in [3.63, 3.8) is 0 Å². The van der Waals surface area contributed by atoms with Crippen molar-refractivity contribution in [1.29, 1.82) is 0 Å². The van der Waals surface area contributed by atoms with Crippen LogP contribution in [0.15, 0.2) is 60.8 Å². The fraction of sp³-hybridized carbons (Fsp3) is 0.200. The third-order valence-corrected chi connectivity index (χ3v) is 3.78. The van der Waals surface area contributed by atoms with Crippen LogP contribution in [0.3, 0.4) is 0 Å². The average molecular weight is 319 g/mol. The summed E-state index contributed by atoms with van der Waals surface area (Å²) in [6.07, 6.45) is 2.07. The fourth-order valence-corrected chi connectivity index (χ4v) is 2.80. The molecule has 1 aromatic heterocycles. The van der Waals surface area contributed by atoms with E-state index in [2.05, 4.69) is 21.3 Å². The van der Waals surface area contributed by atoms with Gasteiger partial charge in [0.2, 0.25) is 5.91 Å². The summed E-state index contributed by atoms with van der Waals surface area (Å²) in [4.78, 5) is 18.9. The first kappa shape index (κ1) is 16.1. The summed E-state index contributed by atoms with van der Waals surface area (Å²) in [6, 6.07) is 17.8. The maximum atomic E-state index is 12.4. The second kappa shape index (κ2) is 7.23. The Hall–Kier alpha value is -2.72. The SMILES string of the molecule is CN(C)Cc1cccc(NC(=O)Cc2cccc3cccnc23)c1. The normalized spacial score (nSPS) is 11.0. The predicted molar refractivity (Wildman–Crippen MR) is 97.9 cm³/mol. The van der Waals surface area contributed by atoms with Crippen LogP contribution in [0.25, 0.3) is 10.9 Å². The van der Waals surface area contributed by atoms with Gasteiger partial charge in [-0.15, -0.1) is 0 Å². The van der Waals surface area contributed by atoms with E-state index in [1.165, 1.54) is 5.56 Å². The molecule has 1 N–H and O–H groups in total. The lowest BCUT2D eigenvalue weighted by Crippen LogP contribution is -2.15. The van der Waals surface area contributed by atoms with E-state index in [1.54, 1.807) is 6.20 Å². The number of carbonyl (C=O) groups excluding carboxylic acids is 1. The standard InChI is InChI=1S/C20H21N3O/c1-23(2)14-15-6-3-10-18(12-15)22-19(24)13-17-8-4-7-16-9-5-11-21-20(16)17/h3-12H,13-14H2,1-2H3,(H,22,24). The Kier molecular flexibility index (Phi) is 4.87. The molecule has 0 atom stereocenters. The van der Waals surface area contributed by atoms with Crippen LogP contribution >= 0.6 is 0 Å². The molecule has 122 valence electrons. The van der Waals surface area contributed by atoms with Crippen LogP contribution in [0.2, 0.25) is 0 Å². The summed E-state index contributed by atoms with van der Waals surface area (Å²) in [5.74, 6) is -0.0323. The lowest BCUT2D eigenvalue weighted by molar-refractivity contribution is -0.115. The average Bonchev–Trinajstić information content (AvgIpc) is 2.55. The fourth-order valence-electron chi connectivity index (χ4n) is 2.80. The van der Waals surface area contributed by atoms with Crippen molar-refractivity contribution in [3.8, 4) is 0 Å². The molecule has 0 aliphatic heterocycles. The van der Waals surface area contributed by atoms with Crippen LogP contribution in [0, 0.1) is 0 Å². The zero-order valence-electron chi connectivity index (χ0n) is 14.0. The lowest BCUT2D eigenvalue weighted by atomic mass is 10.1. The maximum Gasteiger partial charge on any atom is 0.228 e. The molecule has 2 aromatic carbocycles. The van der Waals surface area contributed by atoms with Gasteiger partial charge in [-0.25, -0.2) is 0 Å². The van der Waals surface area contributed by atoms with Crippen LogP contribution < -0.4 is 5.32 Å². The van der Waals surface area contributed by atoms with E-state index in [0.717, 1.165) is 28.7 Å². The first-order chi connectivity index (χ1) is 11.6. The number of hydrogen-bond donors (Lipinski definition) is 1. The Morgan fingerprint density at radius 2 is 1.88 bits per heavy atom. The van der Waals surface area contributed by atoms with Gasteiger partial charge in [-0.2, -0.15) is 0 Å². The number of amides is 1. The van der Waals surface area contributed by atoms with Gasteiger partial charge in [-0.1, -0.05) is 36.4 Å². The molecule has 4 nitrogen and oxygen atoms in total. The molecule has 0 fully saturated rings. The quantitative estimate of drug-likeness (QED) is 0.783. The highest BCUT2D eigenvalue weighted by molar-refractivity contribution is 5.95. The molecule has 0 saturated heterocycles. The highest BCUT2D eigenvalue weighted by Gasteiger charge is 2.08.